The molecule has 0 saturated heterocycles. The molecule has 1 unspecified atom stereocenters. The molecule has 3 N–H and O–H groups in total. The molecule has 0 spiro atoms. The topological polar surface area (TPSA) is 55.1 Å². The molecule has 1 atom stereocenters. The molecule has 1 rings (SSSR count). The van der Waals surface area contributed by atoms with Crippen molar-refractivity contribution >= 4 is 35.0 Å². The fraction of sp³-hybridized carbons (Fsp3) is 0.364. The Morgan fingerprint density at radius 2 is 2.12 bits per heavy atom. The van der Waals surface area contributed by atoms with Crippen molar-refractivity contribution in [2.24, 2.45) is 5.73 Å². The predicted molar refractivity (Wildman–Crippen MR) is 71.1 cm³/mol. The van der Waals surface area contributed by atoms with Gasteiger partial charge in [-0.1, -0.05) is 11.6 Å². The number of anilines is 1. The first kappa shape index (κ1) is 13.2. The van der Waals surface area contributed by atoms with E-state index in [4.69, 9.17) is 17.3 Å². The summed E-state index contributed by atoms with van der Waals surface area (Å²) in [6.45, 7) is 0. The van der Waals surface area contributed by atoms with Crippen molar-refractivity contribution in [2.45, 2.75) is 12.5 Å². The van der Waals surface area contributed by atoms with Crippen LogP contribution < -0.4 is 11.1 Å². The molecular weight excluding hydrogens is 244 g/mol. The molecule has 88 valence electrons. The second kappa shape index (κ2) is 6.66. The number of carbonyl (C=O) groups excluding carboxylic acids is 1. The van der Waals surface area contributed by atoms with Crippen LogP contribution in [-0.2, 0) is 4.79 Å². The number of amides is 1. The molecule has 0 fully saturated rings. The van der Waals surface area contributed by atoms with Gasteiger partial charge in [0.2, 0.25) is 5.91 Å². The lowest BCUT2D eigenvalue weighted by Gasteiger charge is -2.16. The van der Waals surface area contributed by atoms with Crippen LogP contribution in [0.1, 0.15) is 6.42 Å². The van der Waals surface area contributed by atoms with Crippen LogP contribution in [0.4, 0.5) is 5.69 Å². The summed E-state index contributed by atoms with van der Waals surface area (Å²) in [6.07, 6.45) is 2.72. The van der Waals surface area contributed by atoms with E-state index in [0.717, 1.165) is 17.9 Å². The van der Waals surface area contributed by atoms with Crippen LogP contribution >= 0.6 is 23.4 Å². The van der Waals surface area contributed by atoms with E-state index < -0.39 is 0 Å². The third kappa shape index (κ3) is 4.33. The first-order chi connectivity index (χ1) is 7.63. The van der Waals surface area contributed by atoms with Crippen molar-refractivity contribution in [1.29, 1.82) is 0 Å². The van der Waals surface area contributed by atoms with Crippen LogP contribution in [0.5, 0.6) is 0 Å². The molecule has 5 heteroatoms. The molecular formula is C11H15ClN2OS. The van der Waals surface area contributed by atoms with Crippen LogP contribution in [0.3, 0.4) is 0 Å². The average Bonchev–Trinajstić information content (AvgIpc) is 2.26. The molecule has 3 nitrogen and oxygen atoms in total. The number of carbonyl (C=O) groups is 1. The molecule has 0 aliphatic carbocycles. The Balaban J connectivity index is 2.60. The van der Waals surface area contributed by atoms with Gasteiger partial charge in [0.25, 0.3) is 0 Å². The van der Waals surface area contributed by atoms with E-state index in [2.05, 4.69) is 5.32 Å². The van der Waals surface area contributed by atoms with Crippen LogP contribution in [0.2, 0.25) is 5.02 Å². The molecule has 0 aliphatic heterocycles. The zero-order chi connectivity index (χ0) is 12.0. The molecule has 0 aromatic heterocycles. The minimum absolute atomic E-state index is 0.325. The van der Waals surface area contributed by atoms with Gasteiger partial charge < -0.3 is 11.1 Å². The van der Waals surface area contributed by atoms with Gasteiger partial charge in [-0.25, -0.2) is 0 Å². The summed E-state index contributed by atoms with van der Waals surface area (Å²) in [4.78, 5) is 11.2. The number of primary amides is 1. The second-order valence-electron chi connectivity index (χ2n) is 3.39. The Hall–Kier alpha value is -0.870. The highest BCUT2D eigenvalue weighted by Gasteiger charge is 2.13. The van der Waals surface area contributed by atoms with Crippen molar-refractivity contribution in [2.75, 3.05) is 17.3 Å². The van der Waals surface area contributed by atoms with Crippen molar-refractivity contribution in [3.8, 4) is 0 Å². The summed E-state index contributed by atoms with van der Waals surface area (Å²) in [7, 11) is 0. The van der Waals surface area contributed by atoms with E-state index in [-0.39, 0.29) is 11.9 Å². The quantitative estimate of drug-likeness (QED) is 0.824. The number of hydrogen-bond acceptors (Lipinski definition) is 3. The fourth-order valence-corrected chi connectivity index (χ4v) is 1.87. The number of hydrogen-bond donors (Lipinski definition) is 2. The van der Waals surface area contributed by atoms with Crippen molar-refractivity contribution in [3.63, 3.8) is 0 Å². The van der Waals surface area contributed by atoms with Gasteiger partial charge in [0, 0.05) is 10.7 Å². The van der Waals surface area contributed by atoms with Crippen LogP contribution in [-0.4, -0.2) is 24.0 Å². The number of benzene rings is 1. The lowest BCUT2D eigenvalue weighted by atomic mass is 10.2. The summed E-state index contributed by atoms with van der Waals surface area (Å²) in [5.74, 6) is 0.567. The van der Waals surface area contributed by atoms with Gasteiger partial charge in [-0.15, -0.1) is 0 Å². The van der Waals surface area contributed by atoms with E-state index in [0.29, 0.717) is 5.02 Å². The lowest BCUT2D eigenvalue weighted by molar-refractivity contribution is -0.118. The SMILES string of the molecule is CSCCC(Nc1ccc(Cl)cc1)C(N)=O. The largest absolute Gasteiger partial charge is 0.374 e. The third-order valence-corrected chi connectivity index (χ3v) is 3.04. The van der Waals surface area contributed by atoms with E-state index >= 15 is 0 Å². The van der Waals surface area contributed by atoms with Gasteiger partial charge >= 0.3 is 0 Å². The molecule has 0 bridgehead atoms. The Morgan fingerprint density at radius 1 is 1.50 bits per heavy atom. The van der Waals surface area contributed by atoms with Crippen molar-refractivity contribution < 1.29 is 4.79 Å². The van der Waals surface area contributed by atoms with Gasteiger partial charge in [-0.2, -0.15) is 11.8 Å². The van der Waals surface area contributed by atoms with E-state index in [1.165, 1.54) is 0 Å². The first-order valence-corrected chi connectivity index (χ1v) is 6.71. The highest BCUT2D eigenvalue weighted by atomic mass is 35.5. The van der Waals surface area contributed by atoms with Crippen LogP contribution in [0.25, 0.3) is 0 Å². The Kier molecular flexibility index (Phi) is 5.49. The monoisotopic (exact) mass is 258 g/mol. The summed E-state index contributed by atoms with van der Waals surface area (Å²) in [6, 6.07) is 6.88. The van der Waals surface area contributed by atoms with Gasteiger partial charge in [0.05, 0.1) is 0 Å². The molecule has 16 heavy (non-hydrogen) atoms. The van der Waals surface area contributed by atoms with Crippen LogP contribution in [0.15, 0.2) is 24.3 Å². The normalized spacial score (nSPS) is 12.1. The maximum atomic E-state index is 11.2. The van der Waals surface area contributed by atoms with E-state index in [9.17, 15) is 4.79 Å². The van der Waals surface area contributed by atoms with E-state index in [1.54, 1.807) is 23.9 Å². The Bertz CT molecular complexity index is 342. The number of rotatable bonds is 6. The molecule has 0 saturated carbocycles. The summed E-state index contributed by atoms with van der Waals surface area (Å²) in [5, 5.41) is 3.77. The number of halogens is 1. The number of nitrogens with two attached hydrogens (primary N) is 1. The lowest BCUT2D eigenvalue weighted by Crippen LogP contribution is -2.35. The zero-order valence-electron chi connectivity index (χ0n) is 9.07. The highest BCUT2D eigenvalue weighted by molar-refractivity contribution is 7.98. The standard InChI is InChI=1S/C11H15ClN2OS/c1-16-7-6-10(11(13)15)14-9-4-2-8(12)3-5-9/h2-5,10,14H,6-7H2,1H3,(H2,13,15). The first-order valence-electron chi connectivity index (χ1n) is 4.94. The molecule has 1 aromatic rings. The number of nitrogens with one attached hydrogen (secondary N) is 1. The molecule has 1 aromatic carbocycles. The van der Waals surface area contributed by atoms with E-state index in [1.807, 2.05) is 18.4 Å². The highest BCUT2D eigenvalue weighted by Crippen LogP contribution is 2.15. The van der Waals surface area contributed by atoms with Gasteiger partial charge in [-0.05, 0) is 42.7 Å². The summed E-state index contributed by atoms with van der Waals surface area (Å²) >= 11 is 7.46. The Morgan fingerprint density at radius 3 is 2.62 bits per heavy atom. The smallest absolute Gasteiger partial charge is 0.239 e. The fourth-order valence-electron chi connectivity index (χ4n) is 1.27. The van der Waals surface area contributed by atoms with Crippen molar-refractivity contribution in [3.05, 3.63) is 29.3 Å². The molecule has 1 amide bonds. The predicted octanol–water partition coefficient (Wildman–Crippen LogP) is 2.36. The minimum atomic E-state index is -0.330. The maximum Gasteiger partial charge on any atom is 0.239 e. The molecule has 0 heterocycles. The van der Waals surface area contributed by atoms with Gasteiger partial charge in [0.15, 0.2) is 0 Å². The molecule has 0 aliphatic rings. The van der Waals surface area contributed by atoms with Gasteiger partial charge in [0.1, 0.15) is 6.04 Å². The maximum absolute atomic E-state index is 11.2. The number of thioether (sulfide) groups is 1. The van der Waals surface area contributed by atoms with Gasteiger partial charge in [-0.3, -0.25) is 4.79 Å². The molecule has 0 radical (unpaired) electrons. The summed E-state index contributed by atoms with van der Waals surface area (Å²) < 4.78 is 0. The van der Waals surface area contributed by atoms with Crippen molar-refractivity contribution in [1.82, 2.24) is 0 Å². The third-order valence-electron chi connectivity index (χ3n) is 2.14. The minimum Gasteiger partial charge on any atom is -0.374 e. The summed E-state index contributed by atoms with van der Waals surface area (Å²) in [5.41, 5.74) is 6.17. The zero-order valence-corrected chi connectivity index (χ0v) is 10.6. The second-order valence-corrected chi connectivity index (χ2v) is 4.81. The Labute approximate surface area is 105 Å². The average molecular weight is 259 g/mol. The van der Waals surface area contributed by atoms with Crippen LogP contribution in [0, 0.1) is 0 Å².